The monoisotopic (exact) mass is 261 g/mol. The number of likely N-dealkylation sites (N-methyl/N-ethyl adjacent to an activating group) is 1. The second kappa shape index (κ2) is 6.17. The third-order valence-electron chi connectivity index (χ3n) is 4.11. The number of nitrogens with zero attached hydrogens (tertiary/aromatic N) is 2. The van der Waals surface area contributed by atoms with Crippen molar-refractivity contribution in [2.24, 2.45) is 0 Å². The van der Waals surface area contributed by atoms with Crippen LogP contribution in [0, 0.1) is 0 Å². The summed E-state index contributed by atoms with van der Waals surface area (Å²) >= 11 is 0. The van der Waals surface area contributed by atoms with E-state index in [1.807, 2.05) is 43.4 Å². The maximum atomic E-state index is 11.7. The van der Waals surface area contributed by atoms with Gasteiger partial charge in [0, 0.05) is 13.1 Å². The molecule has 0 unspecified atom stereocenters. The molecule has 0 bridgehead atoms. The number of carbonyl (C=O) groups is 1. The van der Waals surface area contributed by atoms with Gasteiger partial charge in [-0.15, -0.1) is 0 Å². The second-order valence-corrected chi connectivity index (χ2v) is 5.35. The summed E-state index contributed by atoms with van der Waals surface area (Å²) in [5.41, 5.74) is -0.188. The van der Waals surface area contributed by atoms with Crippen LogP contribution < -0.4 is 5.32 Å². The molecule has 4 heteroatoms. The molecule has 19 heavy (non-hydrogen) atoms. The highest BCUT2D eigenvalue weighted by atomic mass is 16.2. The lowest BCUT2D eigenvalue weighted by molar-refractivity contribution is -0.128. The maximum absolute atomic E-state index is 11.7. The fourth-order valence-corrected chi connectivity index (χ4v) is 2.66. The van der Waals surface area contributed by atoms with Crippen molar-refractivity contribution in [3.05, 3.63) is 36.4 Å². The topological polar surface area (TPSA) is 35.6 Å². The Kier molecular flexibility index (Phi) is 4.56. The smallest absolute Gasteiger partial charge is 0.241 e. The predicted molar refractivity (Wildman–Crippen MR) is 76.7 cm³/mol. The van der Waals surface area contributed by atoms with Crippen LogP contribution in [0.3, 0.4) is 0 Å². The summed E-state index contributed by atoms with van der Waals surface area (Å²) in [7, 11) is 4.14. The fraction of sp³-hybridized carbons (Fsp3) is 0.533. The number of hydrogen-bond acceptors (Lipinski definition) is 3. The molecule has 4 nitrogen and oxygen atoms in total. The first kappa shape index (κ1) is 14.0. The molecule has 2 fully saturated rings. The lowest BCUT2D eigenvalue weighted by Gasteiger charge is -2.39. The minimum absolute atomic E-state index is 0.188. The molecule has 0 atom stereocenters. The zero-order valence-electron chi connectivity index (χ0n) is 11.8. The molecule has 2 aliphatic heterocycles. The van der Waals surface area contributed by atoms with Gasteiger partial charge in [0.2, 0.25) is 5.91 Å². The lowest BCUT2D eigenvalue weighted by atomic mass is 9.87. The van der Waals surface area contributed by atoms with Gasteiger partial charge in [0.25, 0.3) is 0 Å². The van der Waals surface area contributed by atoms with Gasteiger partial charge < -0.3 is 10.2 Å². The Balaban J connectivity index is 0.000000186. The molecule has 104 valence electrons. The van der Waals surface area contributed by atoms with E-state index in [9.17, 15) is 4.79 Å². The molecular weight excluding hydrogens is 238 g/mol. The summed E-state index contributed by atoms with van der Waals surface area (Å²) in [5, 5.41) is 2.91. The highest BCUT2D eigenvalue weighted by Gasteiger charge is 2.47. The minimum atomic E-state index is -0.188. The molecule has 1 N–H and O–H groups in total. The molecule has 1 spiro atoms. The summed E-state index contributed by atoms with van der Waals surface area (Å²) in [5.74, 6) is 0.225. The van der Waals surface area contributed by atoms with Crippen molar-refractivity contribution in [2.75, 3.05) is 33.9 Å². The average molecular weight is 261 g/mol. The first-order valence-electron chi connectivity index (χ1n) is 6.83. The van der Waals surface area contributed by atoms with E-state index in [2.05, 4.69) is 22.2 Å². The molecule has 2 aliphatic rings. The van der Waals surface area contributed by atoms with Gasteiger partial charge in [-0.1, -0.05) is 36.4 Å². The summed E-state index contributed by atoms with van der Waals surface area (Å²) in [6.45, 7) is 2.76. The van der Waals surface area contributed by atoms with E-state index in [0.717, 1.165) is 25.9 Å². The third-order valence-corrected chi connectivity index (χ3v) is 4.11. The van der Waals surface area contributed by atoms with Crippen molar-refractivity contribution in [1.82, 2.24) is 15.1 Å². The Labute approximate surface area is 115 Å². The number of hydrogen-bond donors (Lipinski definition) is 1. The summed E-state index contributed by atoms with van der Waals surface area (Å²) in [6, 6.07) is 12.0. The normalized spacial score (nSPS) is 22.7. The van der Waals surface area contributed by atoms with Gasteiger partial charge in [-0.3, -0.25) is 9.69 Å². The number of rotatable bonds is 0. The van der Waals surface area contributed by atoms with E-state index in [4.69, 9.17) is 0 Å². The Morgan fingerprint density at radius 1 is 1.00 bits per heavy atom. The predicted octanol–water partition coefficient (Wildman–Crippen LogP) is 1.16. The molecule has 0 aromatic heterocycles. The van der Waals surface area contributed by atoms with Crippen molar-refractivity contribution < 1.29 is 4.79 Å². The van der Waals surface area contributed by atoms with Crippen LogP contribution in [0.2, 0.25) is 0 Å². The molecule has 2 saturated heterocycles. The van der Waals surface area contributed by atoms with Crippen molar-refractivity contribution >= 4 is 5.91 Å². The summed E-state index contributed by atoms with van der Waals surface area (Å²) < 4.78 is 0. The van der Waals surface area contributed by atoms with Crippen LogP contribution in [-0.4, -0.2) is 55.1 Å². The SMILES string of the molecule is CN1CCC2(CC1)C(=O)NCN2C.c1ccccc1. The lowest BCUT2D eigenvalue weighted by Crippen LogP contribution is -2.54. The summed E-state index contributed by atoms with van der Waals surface area (Å²) in [4.78, 5) is 16.1. The van der Waals surface area contributed by atoms with E-state index in [-0.39, 0.29) is 11.4 Å². The van der Waals surface area contributed by atoms with Crippen LogP contribution in [-0.2, 0) is 4.79 Å². The van der Waals surface area contributed by atoms with Gasteiger partial charge in [0.1, 0.15) is 5.54 Å². The van der Waals surface area contributed by atoms with E-state index in [0.29, 0.717) is 6.67 Å². The number of likely N-dealkylation sites (tertiary alicyclic amines) is 1. The quantitative estimate of drug-likeness (QED) is 0.761. The molecule has 0 saturated carbocycles. The highest BCUT2D eigenvalue weighted by Crippen LogP contribution is 2.30. The zero-order valence-corrected chi connectivity index (χ0v) is 11.8. The van der Waals surface area contributed by atoms with E-state index in [1.54, 1.807) is 0 Å². The van der Waals surface area contributed by atoms with Crippen molar-refractivity contribution in [3.63, 3.8) is 0 Å². The van der Waals surface area contributed by atoms with E-state index in [1.165, 1.54) is 0 Å². The number of amides is 1. The van der Waals surface area contributed by atoms with Gasteiger partial charge in [-0.2, -0.15) is 0 Å². The third kappa shape index (κ3) is 3.14. The van der Waals surface area contributed by atoms with Crippen LogP contribution >= 0.6 is 0 Å². The Hall–Kier alpha value is -1.39. The number of benzene rings is 1. The number of piperidine rings is 1. The van der Waals surface area contributed by atoms with Gasteiger partial charge in [-0.25, -0.2) is 0 Å². The molecule has 1 aromatic carbocycles. The van der Waals surface area contributed by atoms with E-state index >= 15 is 0 Å². The minimum Gasteiger partial charge on any atom is -0.342 e. The zero-order chi connectivity index (χ0) is 13.7. The first-order chi connectivity index (χ1) is 9.15. The van der Waals surface area contributed by atoms with Crippen LogP contribution in [0.1, 0.15) is 12.8 Å². The van der Waals surface area contributed by atoms with Crippen LogP contribution in [0.4, 0.5) is 0 Å². The molecule has 0 aliphatic carbocycles. The fourth-order valence-electron chi connectivity index (χ4n) is 2.66. The number of carbonyl (C=O) groups excluding carboxylic acids is 1. The van der Waals surface area contributed by atoms with Crippen molar-refractivity contribution in [1.29, 1.82) is 0 Å². The molecular formula is C15H23N3O. The van der Waals surface area contributed by atoms with Crippen molar-refractivity contribution in [3.8, 4) is 0 Å². The maximum Gasteiger partial charge on any atom is 0.241 e. The second-order valence-electron chi connectivity index (χ2n) is 5.35. The first-order valence-corrected chi connectivity index (χ1v) is 6.83. The Morgan fingerprint density at radius 3 is 1.84 bits per heavy atom. The summed E-state index contributed by atoms with van der Waals surface area (Å²) in [6.07, 6.45) is 1.93. The Morgan fingerprint density at radius 2 is 1.47 bits per heavy atom. The molecule has 3 rings (SSSR count). The van der Waals surface area contributed by atoms with Gasteiger partial charge in [0.15, 0.2) is 0 Å². The highest BCUT2D eigenvalue weighted by molar-refractivity contribution is 5.88. The van der Waals surface area contributed by atoms with Gasteiger partial charge in [-0.05, 0) is 26.9 Å². The standard InChI is InChI=1S/C9H17N3O.C6H6/c1-11-5-3-9(4-6-11)8(13)10-7-12(9)2;1-2-4-6-5-3-1/h3-7H2,1-2H3,(H,10,13);1-6H. The number of nitrogens with one attached hydrogen (secondary N) is 1. The molecule has 0 radical (unpaired) electrons. The molecule has 1 aromatic rings. The van der Waals surface area contributed by atoms with E-state index < -0.39 is 0 Å². The molecule has 1 amide bonds. The molecule has 2 heterocycles. The van der Waals surface area contributed by atoms with Gasteiger partial charge >= 0.3 is 0 Å². The Bertz CT molecular complexity index is 372. The van der Waals surface area contributed by atoms with Crippen molar-refractivity contribution in [2.45, 2.75) is 18.4 Å². The van der Waals surface area contributed by atoms with Crippen LogP contribution in [0.15, 0.2) is 36.4 Å². The van der Waals surface area contributed by atoms with Gasteiger partial charge in [0.05, 0.1) is 6.67 Å². The largest absolute Gasteiger partial charge is 0.342 e. The van der Waals surface area contributed by atoms with Crippen LogP contribution in [0.5, 0.6) is 0 Å². The van der Waals surface area contributed by atoms with Crippen LogP contribution in [0.25, 0.3) is 0 Å². The average Bonchev–Trinajstić information content (AvgIpc) is 2.73.